The number of hydrogen-bond acceptors (Lipinski definition) is 4. The molecule has 3 unspecified atom stereocenters. The minimum absolute atomic E-state index is 0.0112. The summed E-state index contributed by atoms with van der Waals surface area (Å²) in [7, 11) is 0. The molecule has 2 aliphatic carbocycles. The van der Waals surface area contributed by atoms with Crippen LogP contribution in [0.1, 0.15) is 114 Å². The lowest BCUT2D eigenvalue weighted by Crippen LogP contribution is -2.55. The summed E-state index contributed by atoms with van der Waals surface area (Å²) in [4.78, 5) is 30.6. The van der Waals surface area contributed by atoms with Gasteiger partial charge in [0.15, 0.2) is 0 Å². The van der Waals surface area contributed by atoms with E-state index in [-0.39, 0.29) is 23.3 Å². The van der Waals surface area contributed by atoms with Crippen molar-refractivity contribution in [3.05, 3.63) is 53.6 Å². The van der Waals surface area contributed by atoms with E-state index in [1.807, 2.05) is 36.4 Å². The van der Waals surface area contributed by atoms with Crippen molar-refractivity contribution >= 4 is 35.1 Å². The molecule has 0 heterocycles. The summed E-state index contributed by atoms with van der Waals surface area (Å²) >= 11 is 0. The van der Waals surface area contributed by atoms with E-state index in [1.165, 1.54) is 25.7 Å². The predicted octanol–water partition coefficient (Wildman–Crippen LogP) is 8.04. The van der Waals surface area contributed by atoms with Crippen molar-refractivity contribution in [1.82, 2.24) is 5.32 Å². The standard InChI is InChI=1S/C34H48N4O2/c1-4-7-8-11-27(6-3)32(39)37-29-16-17-30(35)31(20-29)36-23-25-12-14-28(15-13-25)33(40)38-34-18-9-10-26(22-34)19-24(5-2)21-34/h12-17,20,23-24,26-27H,4-11,18-19,21-22,35H2,1-3H3,(H,37,39)(H,38,40)/t24-,26?,27?,34?/m1/s1. The van der Waals surface area contributed by atoms with E-state index in [0.717, 1.165) is 68.8 Å². The normalized spacial score (nSPS) is 23.1. The number of carbonyl (C=O) groups is 2. The third-order valence-electron chi connectivity index (χ3n) is 9.09. The smallest absolute Gasteiger partial charge is 0.251 e. The maximum atomic E-state index is 13.2. The van der Waals surface area contributed by atoms with Gasteiger partial charge in [0, 0.05) is 28.9 Å². The van der Waals surface area contributed by atoms with E-state index in [2.05, 4.69) is 36.4 Å². The highest BCUT2D eigenvalue weighted by molar-refractivity contribution is 5.96. The maximum Gasteiger partial charge on any atom is 0.251 e. The van der Waals surface area contributed by atoms with E-state index in [4.69, 9.17) is 5.73 Å². The highest BCUT2D eigenvalue weighted by Gasteiger charge is 2.43. The molecule has 2 bridgehead atoms. The summed E-state index contributed by atoms with van der Waals surface area (Å²) in [6.45, 7) is 6.51. The SMILES string of the molecule is CCCCCC(CC)C(=O)Nc1ccc(N)c(N=Cc2ccc(C(=O)NC34CCCC(C[C@@H](CC)C3)C4)cc2)c1. The number of hydrogen-bond donors (Lipinski definition) is 3. The van der Waals surface area contributed by atoms with Crippen molar-refractivity contribution in [2.75, 3.05) is 11.1 Å². The van der Waals surface area contributed by atoms with Crippen LogP contribution >= 0.6 is 0 Å². The molecule has 2 fully saturated rings. The number of anilines is 2. The predicted molar refractivity (Wildman–Crippen MR) is 166 cm³/mol. The average Bonchev–Trinajstić information content (AvgIpc) is 2.95. The Balaban J connectivity index is 1.37. The summed E-state index contributed by atoms with van der Waals surface area (Å²) in [6, 6.07) is 13.0. The molecule has 216 valence electrons. The third-order valence-corrected chi connectivity index (χ3v) is 9.09. The second-order valence-corrected chi connectivity index (χ2v) is 12.2. The van der Waals surface area contributed by atoms with Crippen LogP contribution in [0.3, 0.4) is 0 Å². The van der Waals surface area contributed by atoms with Crippen molar-refractivity contribution in [3.63, 3.8) is 0 Å². The zero-order valence-corrected chi connectivity index (χ0v) is 24.7. The number of unbranched alkanes of at least 4 members (excludes halogenated alkanes) is 2. The Morgan fingerprint density at radius 3 is 2.62 bits per heavy atom. The fourth-order valence-corrected chi connectivity index (χ4v) is 6.77. The monoisotopic (exact) mass is 544 g/mol. The number of nitrogens with one attached hydrogen (secondary N) is 2. The number of aliphatic imine (C=N–C) groups is 1. The Morgan fingerprint density at radius 1 is 1.10 bits per heavy atom. The molecule has 6 heteroatoms. The van der Waals surface area contributed by atoms with Gasteiger partial charge in [0.2, 0.25) is 5.91 Å². The van der Waals surface area contributed by atoms with Crippen molar-refractivity contribution in [1.29, 1.82) is 0 Å². The van der Waals surface area contributed by atoms with Gasteiger partial charge in [0.05, 0.1) is 11.4 Å². The van der Waals surface area contributed by atoms with Crippen LogP contribution in [0.4, 0.5) is 17.1 Å². The minimum atomic E-state index is -0.0380. The first kappa shape index (κ1) is 29.8. The first-order valence-electron chi connectivity index (χ1n) is 15.5. The Bertz CT molecular complexity index is 1170. The van der Waals surface area contributed by atoms with Crippen LogP contribution in [-0.4, -0.2) is 23.6 Å². The van der Waals surface area contributed by atoms with Gasteiger partial charge in [0.1, 0.15) is 0 Å². The van der Waals surface area contributed by atoms with Gasteiger partial charge in [-0.2, -0.15) is 0 Å². The molecule has 4 N–H and O–H groups in total. The number of fused-ring (bicyclic) bond motifs is 2. The van der Waals surface area contributed by atoms with Gasteiger partial charge in [-0.1, -0.05) is 71.4 Å². The van der Waals surface area contributed by atoms with Gasteiger partial charge >= 0.3 is 0 Å². The van der Waals surface area contributed by atoms with Crippen molar-refractivity contribution in [2.45, 2.75) is 103 Å². The van der Waals surface area contributed by atoms with Crippen LogP contribution in [0.2, 0.25) is 0 Å². The van der Waals surface area contributed by atoms with E-state index in [1.54, 1.807) is 12.3 Å². The first-order chi connectivity index (χ1) is 19.3. The van der Waals surface area contributed by atoms with Gasteiger partial charge in [-0.25, -0.2) is 0 Å². The van der Waals surface area contributed by atoms with Crippen LogP contribution < -0.4 is 16.4 Å². The fourth-order valence-electron chi connectivity index (χ4n) is 6.77. The minimum Gasteiger partial charge on any atom is -0.397 e. The van der Waals surface area contributed by atoms with Gasteiger partial charge in [-0.15, -0.1) is 0 Å². The number of amides is 2. The second kappa shape index (κ2) is 14.0. The molecule has 0 spiro atoms. The number of nitrogens with zero attached hydrogens (tertiary/aromatic N) is 1. The van der Waals surface area contributed by atoms with Gasteiger partial charge in [-0.05, 0) is 86.3 Å². The van der Waals surface area contributed by atoms with Gasteiger partial charge in [0.25, 0.3) is 5.91 Å². The van der Waals surface area contributed by atoms with Crippen molar-refractivity contribution < 1.29 is 9.59 Å². The van der Waals surface area contributed by atoms with Gasteiger partial charge < -0.3 is 16.4 Å². The number of nitrogens with two attached hydrogens (primary N) is 1. The summed E-state index contributed by atoms with van der Waals surface area (Å²) in [5.74, 6) is 1.56. The molecule has 2 amide bonds. The Hall–Kier alpha value is -3.15. The molecule has 0 aliphatic heterocycles. The third kappa shape index (κ3) is 7.74. The molecule has 6 nitrogen and oxygen atoms in total. The quantitative estimate of drug-likeness (QED) is 0.143. The molecular formula is C34H48N4O2. The molecule has 0 saturated heterocycles. The molecule has 4 atom stereocenters. The molecule has 40 heavy (non-hydrogen) atoms. The topological polar surface area (TPSA) is 96.6 Å². The first-order valence-corrected chi connectivity index (χ1v) is 15.5. The summed E-state index contributed by atoms with van der Waals surface area (Å²) in [5, 5.41) is 6.50. The lowest BCUT2D eigenvalue weighted by Gasteiger charge is -2.48. The molecule has 4 rings (SSSR count). The Morgan fingerprint density at radius 2 is 1.90 bits per heavy atom. The lowest BCUT2D eigenvalue weighted by atomic mass is 9.63. The van der Waals surface area contributed by atoms with Crippen molar-refractivity contribution in [2.24, 2.45) is 22.7 Å². The lowest BCUT2D eigenvalue weighted by molar-refractivity contribution is -0.120. The fraction of sp³-hybridized carbons (Fsp3) is 0.559. The average molecular weight is 545 g/mol. The largest absolute Gasteiger partial charge is 0.397 e. The van der Waals surface area contributed by atoms with E-state index in [9.17, 15) is 9.59 Å². The zero-order valence-electron chi connectivity index (χ0n) is 24.7. The molecule has 0 aromatic heterocycles. The van der Waals surface area contributed by atoms with Crippen LogP contribution in [0.5, 0.6) is 0 Å². The van der Waals surface area contributed by atoms with Crippen LogP contribution in [-0.2, 0) is 4.79 Å². The summed E-state index contributed by atoms with van der Waals surface area (Å²) in [5.41, 5.74) is 9.56. The van der Waals surface area contributed by atoms with E-state index in [0.29, 0.717) is 22.6 Å². The van der Waals surface area contributed by atoms with Gasteiger partial charge in [-0.3, -0.25) is 14.6 Å². The van der Waals surface area contributed by atoms with Crippen LogP contribution in [0.15, 0.2) is 47.5 Å². The van der Waals surface area contributed by atoms with Crippen molar-refractivity contribution in [3.8, 4) is 0 Å². The molecule has 0 radical (unpaired) electrons. The summed E-state index contributed by atoms with van der Waals surface area (Å²) in [6.07, 6.45) is 15.2. The maximum absolute atomic E-state index is 13.2. The Kier molecular flexibility index (Phi) is 10.4. The van der Waals surface area contributed by atoms with Crippen LogP contribution in [0.25, 0.3) is 0 Å². The molecule has 2 saturated carbocycles. The molecule has 2 aromatic carbocycles. The van der Waals surface area contributed by atoms with Crippen LogP contribution in [0, 0.1) is 17.8 Å². The Labute approximate surface area is 240 Å². The summed E-state index contributed by atoms with van der Waals surface area (Å²) < 4.78 is 0. The molecule has 2 aromatic rings. The number of nitrogen functional groups attached to an aromatic ring is 1. The van der Waals surface area contributed by atoms with E-state index < -0.39 is 0 Å². The highest BCUT2D eigenvalue weighted by Crippen LogP contribution is 2.46. The molecular weight excluding hydrogens is 496 g/mol. The van der Waals surface area contributed by atoms with E-state index >= 15 is 0 Å². The zero-order chi connectivity index (χ0) is 28.5. The number of carbonyl (C=O) groups excluding carboxylic acids is 2. The number of benzene rings is 2. The molecule has 2 aliphatic rings. The second-order valence-electron chi connectivity index (χ2n) is 12.2. The number of rotatable bonds is 12. The highest BCUT2D eigenvalue weighted by atomic mass is 16.2.